The van der Waals surface area contributed by atoms with E-state index < -0.39 is 38.6 Å². The summed E-state index contributed by atoms with van der Waals surface area (Å²) in [5.74, 6) is -0.938. The van der Waals surface area contributed by atoms with Crippen LogP contribution in [-0.4, -0.2) is 221 Å². The SMILES string of the molecule is CCCCCCCCCCCCCC(=O)OC[C@H](COP(=O)(O)OCCNC(=O)OCCOCCOCCOCCOCCOCCOCCOCCOCCOCCOCCOCCOC)OC(=O)CCCCCCCCCCCCC. The molecule has 2 atom stereocenters. The van der Waals surface area contributed by atoms with Crippen LogP contribution in [0.5, 0.6) is 0 Å². The maximum atomic E-state index is 12.8. The highest BCUT2D eigenvalue weighted by Crippen LogP contribution is 2.43. The van der Waals surface area contributed by atoms with Crippen molar-refractivity contribution < 1.29 is 104 Å². The van der Waals surface area contributed by atoms with Gasteiger partial charge in [-0.1, -0.05) is 142 Å². The van der Waals surface area contributed by atoms with Crippen molar-refractivity contribution in [3.8, 4) is 0 Å². The summed E-state index contributed by atoms with van der Waals surface area (Å²) in [6.45, 7) is 13.3. The number of ether oxygens (including phenoxy) is 15. The van der Waals surface area contributed by atoms with Gasteiger partial charge in [0.25, 0.3) is 0 Å². The fourth-order valence-electron chi connectivity index (χ4n) is 7.70. The number of rotatable bonds is 70. The number of alkyl carbamates (subject to hydrolysis) is 1. The largest absolute Gasteiger partial charge is 0.472 e. The third-order valence-corrected chi connectivity index (χ3v) is 13.3. The second kappa shape index (κ2) is 67.3. The zero-order valence-electron chi connectivity index (χ0n) is 51.8. The lowest BCUT2D eigenvalue weighted by molar-refractivity contribution is -0.161. The molecule has 24 heteroatoms. The lowest BCUT2D eigenvalue weighted by Crippen LogP contribution is -2.30. The predicted molar refractivity (Wildman–Crippen MR) is 315 cm³/mol. The summed E-state index contributed by atoms with van der Waals surface area (Å²) in [6.07, 6.45) is 23.8. The summed E-state index contributed by atoms with van der Waals surface area (Å²) in [7, 11) is -3.00. The smallest absolute Gasteiger partial charge is 0.462 e. The normalized spacial score (nSPS) is 12.6. The molecule has 1 amide bonds. The molecule has 1 unspecified atom stereocenters. The van der Waals surface area contributed by atoms with E-state index >= 15 is 0 Å². The third kappa shape index (κ3) is 67.2. The van der Waals surface area contributed by atoms with Crippen LogP contribution in [0.2, 0.25) is 0 Å². The van der Waals surface area contributed by atoms with E-state index in [0.717, 1.165) is 38.5 Å². The summed E-state index contributed by atoms with van der Waals surface area (Å²) in [4.78, 5) is 47.8. The Bertz CT molecular complexity index is 1410. The predicted octanol–water partition coefficient (Wildman–Crippen LogP) is 9.53. The molecule has 0 rings (SSSR count). The number of nitrogens with one attached hydrogen (secondary N) is 1. The Labute approximate surface area is 499 Å². The number of methoxy groups -OCH3 is 1. The Morgan fingerprint density at radius 3 is 1.00 bits per heavy atom. The topological polar surface area (TPSA) is 257 Å². The first kappa shape index (κ1) is 80.8. The van der Waals surface area contributed by atoms with Crippen LogP contribution < -0.4 is 5.32 Å². The number of amides is 1. The fraction of sp³-hybridized carbons (Fsp3) is 0.949. The number of esters is 2. The summed E-state index contributed by atoms with van der Waals surface area (Å²) in [6, 6.07) is 0. The first-order valence-corrected chi connectivity index (χ1v) is 32.9. The number of hydrogen-bond acceptors (Lipinski definition) is 21. The van der Waals surface area contributed by atoms with Gasteiger partial charge in [0.1, 0.15) is 13.2 Å². The van der Waals surface area contributed by atoms with Crippen LogP contribution in [0.3, 0.4) is 0 Å². The number of phosphoric acid groups is 1. The van der Waals surface area contributed by atoms with Crippen LogP contribution in [0.15, 0.2) is 0 Å². The van der Waals surface area contributed by atoms with Gasteiger partial charge in [-0.25, -0.2) is 9.36 Å². The molecule has 0 aromatic heterocycles. The van der Waals surface area contributed by atoms with Gasteiger partial charge in [-0.3, -0.25) is 18.6 Å². The summed E-state index contributed by atoms with van der Waals surface area (Å²) in [5, 5.41) is 2.42. The summed E-state index contributed by atoms with van der Waals surface area (Å²) < 4.78 is 104. The fourth-order valence-corrected chi connectivity index (χ4v) is 8.45. The Hall–Kier alpha value is -2.16. The number of carbonyl (C=O) groups is 3. The van der Waals surface area contributed by atoms with Gasteiger partial charge in [0.15, 0.2) is 6.10 Å². The van der Waals surface area contributed by atoms with Crippen molar-refractivity contribution in [2.24, 2.45) is 0 Å². The van der Waals surface area contributed by atoms with Gasteiger partial charge in [-0.2, -0.15) is 0 Å². The van der Waals surface area contributed by atoms with Crippen molar-refractivity contribution in [1.29, 1.82) is 0 Å². The third-order valence-electron chi connectivity index (χ3n) is 12.4. The molecule has 494 valence electrons. The minimum absolute atomic E-state index is 0.0311. The molecule has 0 heterocycles. The van der Waals surface area contributed by atoms with E-state index in [9.17, 15) is 23.8 Å². The Morgan fingerprint density at radius 1 is 0.361 bits per heavy atom. The molecule has 0 aliphatic heterocycles. The van der Waals surface area contributed by atoms with Gasteiger partial charge in [0, 0.05) is 26.5 Å². The minimum atomic E-state index is -4.64. The van der Waals surface area contributed by atoms with Crippen molar-refractivity contribution >= 4 is 25.9 Å². The molecule has 0 saturated carbocycles. The van der Waals surface area contributed by atoms with Crippen LogP contribution >= 0.6 is 7.82 Å². The molecule has 0 aromatic rings. The Morgan fingerprint density at radius 2 is 0.663 bits per heavy atom. The van der Waals surface area contributed by atoms with Crippen molar-refractivity contribution in [1.82, 2.24) is 5.32 Å². The number of phosphoric ester groups is 1. The Balaban J connectivity index is 3.95. The van der Waals surface area contributed by atoms with E-state index in [4.69, 9.17) is 80.1 Å². The van der Waals surface area contributed by atoms with Gasteiger partial charge >= 0.3 is 25.9 Å². The van der Waals surface area contributed by atoms with Gasteiger partial charge < -0.3 is 81.3 Å². The summed E-state index contributed by atoms with van der Waals surface area (Å²) >= 11 is 0. The average Bonchev–Trinajstić information content (AvgIpc) is 3.51. The van der Waals surface area contributed by atoms with Crippen LogP contribution in [-0.2, 0) is 94.3 Å². The van der Waals surface area contributed by atoms with E-state index in [0.29, 0.717) is 152 Å². The molecule has 0 spiro atoms. The van der Waals surface area contributed by atoms with Crippen LogP contribution in [0.4, 0.5) is 4.79 Å². The summed E-state index contributed by atoms with van der Waals surface area (Å²) in [5.41, 5.74) is 0. The molecular formula is C59H116NO22P. The first-order valence-electron chi connectivity index (χ1n) is 31.5. The monoisotopic (exact) mass is 1220 g/mol. The number of unbranched alkanes of at least 4 members (excludes halogenated alkanes) is 20. The highest BCUT2D eigenvalue weighted by atomic mass is 31.2. The Kier molecular flexibility index (Phi) is 65.6. The van der Waals surface area contributed by atoms with Crippen LogP contribution in [0.25, 0.3) is 0 Å². The molecule has 0 aliphatic carbocycles. The number of hydrogen-bond donors (Lipinski definition) is 2. The van der Waals surface area contributed by atoms with Gasteiger partial charge in [-0.05, 0) is 12.8 Å². The average molecular weight is 1220 g/mol. The standard InChI is InChI=1S/C59H116NO22P/c1-4-6-8-10-12-14-16-18-20-22-24-26-57(61)79-54-56(82-58(62)27-25-23-21-19-17-15-13-11-9-7-5-2)55-81-83(64,65)80-29-28-60-59(63)78-53-52-77-51-50-76-49-48-75-47-46-74-45-44-73-43-42-72-41-40-71-39-38-70-37-36-69-35-34-68-33-32-67-31-30-66-3/h56H,4-55H2,1-3H3,(H,60,63)(H,64,65)/t56-/m1/s1. The highest BCUT2D eigenvalue weighted by Gasteiger charge is 2.26. The van der Waals surface area contributed by atoms with Crippen LogP contribution in [0, 0.1) is 0 Å². The lowest BCUT2D eigenvalue weighted by Gasteiger charge is -2.20. The molecular weight excluding hydrogens is 1110 g/mol. The maximum Gasteiger partial charge on any atom is 0.472 e. The van der Waals surface area contributed by atoms with E-state index in [1.807, 2.05) is 0 Å². The zero-order valence-corrected chi connectivity index (χ0v) is 52.7. The molecule has 2 N–H and O–H groups in total. The quantitative estimate of drug-likeness (QED) is 0.0249. The van der Waals surface area contributed by atoms with Gasteiger partial charge in [-0.15, -0.1) is 0 Å². The van der Waals surface area contributed by atoms with E-state index in [2.05, 4.69) is 19.2 Å². The molecule has 0 fully saturated rings. The van der Waals surface area contributed by atoms with Crippen molar-refractivity contribution in [3.63, 3.8) is 0 Å². The molecule has 0 saturated heterocycles. The van der Waals surface area contributed by atoms with Gasteiger partial charge in [0.05, 0.1) is 165 Å². The van der Waals surface area contributed by atoms with Crippen molar-refractivity contribution in [2.45, 2.75) is 174 Å². The minimum Gasteiger partial charge on any atom is -0.462 e. The van der Waals surface area contributed by atoms with Crippen molar-refractivity contribution in [3.05, 3.63) is 0 Å². The molecule has 0 bridgehead atoms. The molecule has 83 heavy (non-hydrogen) atoms. The highest BCUT2D eigenvalue weighted by molar-refractivity contribution is 7.47. The van der Waals surface area contributed by atoms with E-state index in [1.54, 1.807) is 7.11 Å². The first-order chi connectivity index (χ1) is 40.7. The van der Waals surface area contributed by atoms with Crippen molar-refractivity contribution in [2.75, 3.05) is 192 Å². The number of carbonyl (C=O) groups excluding carboxylic acids is 3. The second-order valence-electron chi connectivity index (χ2n) is 19.8. The van der Waals surface area contributed by atoms with Crippen LogP contribution in [0.1, 0.15) is 168 Å². The van der Waals surface area contributed by atoms with E-state index in [-0.39, 0.29) is 52.4 Å². The molecule has 0 aliphatic rings. The molecule has 0 aromatic carbocycles. The van der Waals surface area contributed by atoms with Gasteiger partial charge in [0.2, 0.25) is 0 Å². The van der Waals surface area contributed by atoms with E-state index in [1.165, 1.54) is 89.9 Å². The maximum absolute atomic E-state index is 12.8. The molecule has 23 nitrogen and oxygen atoms in total. The molecule has 0 radical (unpaired) electrons. The zero-order chi connectivity index (χ0) is 60.3. The second-order valence-corrected chi connectivity index (χ2v) is 21.2. The lowest BCUT2D eigenvalue weighted by atomic mass is 10.1.